The Balaban J connectivity index is 1.54. The maximum absolute atomic E-state index is 15.2. The summed E-state index contributed by atoms with van der Waals surface area (Å²) in [5.41, 5.74) is 4.04. The minimum Gasteiger partial charge on any atom is -0.355 e. The van der Waals surface area contributed by atoms with Crippen molar-refractivity contribution in [2.45, 2.75) is 39.7 Å². The van der Waals surface area contributed by atoms with Crippen LogP contribution in [0.1, 0.15) is 37.8 Å². The summed E-state index contributed by atoms with van der Waals surface area (Å²) in [5.74, 6) is 0.262. The lowest BCUT2D eigenvalue weighted by atomic mass is 9.71. The minimum atomic E-state index is -0.415. The van der Waals surface area contributed by atoms with Crippen LogP contribution in [0.4, 0.5) is 10.2 Å². The first-order chi connectivity index (χ1) is 17.4. The molecule has 1 spiro atoms. The molecule has 2 atom stereocenters. The molecule has 4 aromatic rings. The summed E-state index contributed by atoms with van der Waals surface area (Å²) in [6.45, 7) is 8.08. The van der Waals surface area contributed by atoms with E-state index in [1.165, 1.54) is 6.07 Å². The molecule has 1 N–H and O–H groups in total. The van der Waals surface area contributed by atoms with Gasteiger partial charge in [-0.05, 0) is 43.5 Å². The van der Waals surface area contributed by atoms with E-state index in [4.69, 9.17) is 4.98 Å². The molecule has 1 amide bonds. The zero-order valence-electron chi connectivity index (χ0n) is 20.6. The van der Waals surface area contributed by atoms with E-state index in [2.05, 4.69) is 28.1 Å². The largest absolute Gasteiger partial charge is 0.355 e. The molecular weight excluding hydrogens is 455 g/mol. The quantitative estimate of drug-likeness (QED) is 0.447. The predicted molar refractivity (Wildman–Crippen MR) is 137 cm³/mol. The lowest BCUT2D eigenvalue weighted by Crippen LogP contribution is -2.65. The normalized spacial score (nSPS) is 21.4. The molecule has 36 heavy (non-hydrogen) atoms. The Hall–Kier alpha value is -3.99. The van der Waals surface area contributed by atoms with Gasteiger partial charge in [-0.2, -0.15) is 10.4 Å². The van der Waals surface area contributed by atoms with Crippen LogP contribution >= 0.6 is 0 Å². The van der Waals surface area contributed by atoms with Crippen molar-refractivity contribution in [2.24, 2.45) is 5.41 Å². The van der Waals surface area contributed by atoms with Crippen molar-refractivity contribution >= 4 is 33.5 Å². The second-order valence-corrected chi connectivity index (χ2v) is 10.1. The number of rotatable bonds is 3. The van der Waals surface area contributed by atoms with Crippen LogP contribution in [-0.2, 0) is 4.79 Å². The predicted octanol–water partition coefficient (Wildman–Crippen LogP) is 4.93. The second kappa shape index (κ2) is 8.02. The molecule has 0 unspecified atom stereocenters. The molecule has 7 nitrogen and oxygen atoms in total. The number of carbonyl (C=O) groups is 1. The smallest absolute Gasteiger partial charge is 0.222 e. The fourth-order valence-electron chi connectivity index (χ4n) is 6.17. The van der Waals surface area contributed by atoms with Crippen molar-refractivity contribution in [3.63, 3.8) is 0 Å². The van der Waals surface area contributed by atoms with Crippen molar-refractivity contribution in [3.05, 3.63) is 53.5 Å². The number of carbonyl (C=O) groups excluding carboxylic acids is 1. The maximum atomic E-state index is 15.2. The highest BCUT2D eigenvalue weighted by molar-refractivity contribution is 6.08. The molecule has 0 aliphatic carbocycles. The topological polar surface area (TPSA) is 88.9 Å². The number of aromatic amines is 1. The van der Waals surface area contributed by atoms with Gasteiger partial charge in [-0.1, -0.05) is 25.1 Å². The summed E-state index contributed by atoms with van der Waals surface area (Å²) in [4.78, 5) is 21.1. The Labute approximate surface area is 208 Å². The number of aryl methyl sites for hydroxylation is 1. The Bertz CT molecular complexity index is 1590. The SMILES string of the molecule is CCC(=O)N1C[C@]2(CCN(c3nc4c(F)cccc4c(-c4c(C)ccc5[nH]ncc45)c3C#N)C2)[C@H]1C. The Morgan fingerprint density at radius 1 is 1.25 bits per heavy atom. The molecule has 0 saturated carbocycles. The lowest BCUT2D eigenvalue weighted by molar-refractivity contribution is -0.150. The summed E-state index contributed by atoms with van der Waals surface area (Å²) >= 11 is 0. The molecule has 0 bridgehead atoms. The summed E-state index contributed by atoms with van der Waals surface area (Å²) in [6, 6.07) is 11.4. The van der Waals surface area contributed by atoms with Crippen LogP contribution in [0.2, 0.25) is 0 Å². The fraction of sp³-hybridized carbons (Fsp3) is 0.357. The molecule has 2 aromatic carbocycles. The molecule has 4 heterocycles. The van der Waals surface area contributed by atoms with Gasteiger partial charge in [-0.3, -0.25) is 9.89 Å². The highest BCUT2D eigenvalue weighted by Gasteiger charge is 2.55. The van der Waals surface area contributed by atoms with Crippen molar-refractivity contribution in [3.8, 4) is 17.2 Å². The number of H-pyrrole nitrogens is 1. The second-order valence-electron chi connectivity index (χ2n) is 10.1. The number of hydrogen-bond acceptors (Lipinski definition) is 5. The van der Waals surface area contributed by atoms with Crippen molar-refractivity contribution in [2.75, 3.05) is 24.5 Å². The van der Waals surface area contributed by atoms with Gasteiger partial charge in [0.2, 0.25) is 5.91 Å². The number of amides is 1. The van der Waals surface area contributed by atoms with E-state index in [0.717, 1.165) is 28.5 Å². The van der Waals surface area contributed by atoms with Gasteiger partial charge in [0, 0.05) is 53.8 Å². The lowest BCUT2D eigenvalue weighted by Gasteiger charge is -2.54. The van der Waals surface area contributed by atoms with Crippen molar-refractivity contribution in [1.29, 1.82) is 5.26 Å². The van der Waals surface area contributed by atoms with Crippen LogP contribution in [0.25, 0.3) is 32.9 Å². The number of nitrogens with one attached hydrogen (secondary N) is 1. The van der Waals surface area contributed by atoms with Gasteiger partial charge in [-0.25, -0.2) is 9.37 Å². The van der Waals surface area contributed by atoms with Gasteiger partial charge in [0.1, 0.15) is 28.8 Å². The highest BCUT2D eigenvalue weighted by atomic mass is 19.1. The molecule has 2 fully saturated rings. The number of pyridine rings is 1. The van der Waals surface area contributed by atoms with E-state index in [-0.39, 0.29) is 22.9 Å². The molecule has 6 rings (SSSR count). The van der Waals surface area contributed by atoms with E-state index < -0.39 is 5.82 Å². The number of aromatic nitrogens is 3. The molecule has 0 radical (unpaired) electrons. The molecule has 182 valence electrons. The van der Waals surface area contributed by atoms with Crippen molar-refractivity contribution < 1.29 is 9.18 Å². The third-order valence-electron chi connectivity index (χ3n) is 8.29. The molecule has 2 aromatic heterocycles. The van der Waals surface area contributed by atoms with Gasteiger partial charge in [0.15, 0.2) is 0 Å². The molecular formula is C28H27FN6O. The van der Waals surface area contributed by atoms with Gasteiger partial charge in [0.25, 0.3) is 0 Å². The third-order valence-corrected chi connectivity index (χ3v) is 8.29. The van der Waals surface area contributed by atoms with Crippen molar-refractivity contribution in [1.82, 2.24) is 20.1 Å². The Morgan fingerprint density at radius 2 is 2.08 bits per heavy atom. The molecule has 2 saturated heterocycles. The average Bonchev–Trinajstić information content (AvgIpc) is 3.55. The summed E-state index contributed by atoms with van der Waals surface area (Å²) in [6.07, 6.45) is 3.15. The number of nitrogens with zero attached hydrogens (tertiary/aromatic N) is 5. The van der Waals surface area contributed by atoms with Crippen LogP contribution in [0.3, 0.4) is 0 Å². The average molecular weight is 483 g/mol. The highest BCUT2D eigenvalue weighted by Crippen LogP contribution is 2.48. The van der Waals surface area contributed by atoms with E-state index in [1.807, 2.05) is 36.9 Å². The number of benzene rings is 2. The number of nitriles is 1. The summed E-state index contributed by atoms with van der Waals surface area (Å²) < 4.78 is 15.2. The van der Waals surface area contributed by atoms with E-state index in [0.29, 0.717) is 48.4 Å². The monoisotopic (exact) mass is 482 g/mol. The number of para-hydroxylation sites is 1. The number of likely N-dealkylation sites (tertiary alicyclic amines) is 1. The van der Waals surface area contributed by atoms with E-state index >= 15 is 4.39 Å². The van der Waals surface area contributed by atoms with Gasteiger partial charge in [0.05, 0.1) is 11.7 Å². The van der Waals surface area contributed by atoms with Crippen LogP contribution in [0, 0.1) is 29.5 Å². The maximum Gasteiger partial charge on any atom is 0.222 e. The Kier molecular flexibility index (Phi) is 5.01. The number of halogens is 1. The van der Waals surface area contributed by atoms with E-state index in [9.17, 15) is 10.1 Å². The number of hydrogen-bond donors (Lipinski definition) is 1. The summed E-state index contributed by atoms with van der Waals surface area (Å²) in [7, 11) is 0. The van der Waals surface area contributed by atoms with Crippen LogP contribution in [0.5, 0.6) is 0 Å². The zero-order valence-corrected chi connectivity index (χ0v) is 20.6. The zero-order chi connectivity index (χ0) is 25.2. The first kappa shape index (κ1) is 22.5. The number of fused-ring (bicyclic) bond motifs is 2. The van der Waals surface area contributed by atoms with Crippen LogP contribution in [-0.4, -0.2) is 51.7 Å². The minimum absolute atomic E-state index is 0.0376. The summed E-state index contributed by atoms with van der Waals surface area (Å²) in [5, 5.41) is 19.2. The van der Waals surface area contributed by atoms with E-state index in [1.54, 1.807) is 12.3 Å². The first-order valence-electron chi connectivity index (χ1n) is 12.4. The third kappa shape index (κ3) is 3.05. The Morgan fingerprint density at radius 3 is 2.83 bits per heavy atom. The van der Waals surface area contributed by atoms with Gasteiger partial charge >= 0.3 is 0 Å². The molecule has 8 heteroatoms. The van der Waals surface area contributed by atoms with Crippen LogP contribution < -0.4 is 4.90 Å². The van der Waals surface area contributed by atoms with Crippen LogP contribution in [0.15, 0.2) is 36.5 Å². The van der Waals surface area contributed by atoms with Gasteiger partial charge < -0.3 is 9.80 Å². The number of anilines is 1. The standard InChI is InChI=1S/C28H27FN6O/c1-4-23(36)35-15-28(17(35)3)10-11-34(14-28)27-19(12-30)25(18-6-5-7-21(29)26(18)32-27)24-16(2)8-9-22-20(24)13-31-33-22/h5-9,13,17H,4,10-11,14-15H2,1-3H3,(H,31,33)/t17-,28-/m1/s1. The molecule has 2 aliphatic heterocycles. The molecule has 2 aliphatic rings. The van der Waals surface area contributed by atoms with Gasteiger partial charge in [-0.15, -0.1) is 0 Å². The first-order valence-corrected chi connectivity index (χ1v) is 12.4. The fourth-order valence-corrected chi connectivity index (χ4v) is 6.17.